The van der Waals surface area contributed by atoms with Crippen LogP contribution in [0.2, 0.25) is 0 Å². The smallest absolute Gasteiger partial charge is 0.185 e. The Labute approximate surface area is 209 Å². The van der Waals surface area contributed by atoms with Gasteiger partial charge in [-0.2, -0.15) is 0 Å². The Morgan fingerprint density at radius 2 is 1.00 bits per heavy atom. The molecule has 0 unspecified atom stereocenters. The molecule has 0 fully saturated rings. The van der Waals surface area contributed by atoms with Gasteiger partial charge in [0.15, 0.2) is 5.60 Å². The van der Waals surface area contributed by atoms with Crippen molar-refractivity contribution in [1.82, 2.24) is 0 Å². The number of nitrogens with two attached hydrogens (primary N) is 2. The van der Waals surface area contributed by atoms with E-state index in [1.807, 2.05) is 54.6 Å². The molecule has 0 radical (unpaired) electrons. The first kappa shape index (κ1) is 20.7. The largest absolute Gasteiger partial charge is 0.473 e. The second kappa shape index (κ2) is 7.65. The molecule has 3 aliphatic rings. The summed E-state index contributed by atoms with van der Waals surface area (Å²) in [6.45, 7) is 0. The second-order valence-electron chi connectivity index (χ2n) is 9.38. The van der Waals surface area contributed by atoms with E-state index in [9.17, 15) is 0 Å². The zero-order valence-electron chi connectivity index (χ0n) is 19.5. The molecule has 0 amide bonds. The Hall–Kier alpha value is -4.70. The van der Waals surface area contributed by atoms with Crippen molar-refractivity contribution in [3.63, 3.8) is 0 Å². The predicted molar refractivity (Wildman–Crippen MR) is 143 cm³/mol. The van der Waals surface area contributed by atoms with Crippen LogP contribution in [0.1, 0.15) is 39.3 Å². The molecule has 4 nitrogen and oxygen atoms in total. The van der Waals surface area contributed by atoms with Crippen molar-refractivity contribution in [3.8, 4) is 17.2 Å². The van der Waals surface area contributed by atoms with Crippen molar-refractivity contribution < 1.29 is 9.47 Å². The molecule has 0 saturated heterocycles. The molecule has 3 aliphatic carbocycles. The van der Waals surface area contributed by atoms with Crippen LogP contribution in [0.5, 0.6) is 17.2 Å². The van der Waals surface area contributed by atoms with Crippen LogP contribution in [0.15, 0.2) is 115 Å². The quantitative estimate of drug-likeness (QED) is 0.284. The van der Waals surface area contributed by atoms with Gasteiger partial charge < -0.3 is 20.9 Å². The Kier molecular flexibility index (Phi) is 4.39. The molecule has 0 saturated carbocycles. The third-order valence-corrected chi connectivity index (χ3v) is 7.28. The number of ether oxygens (including phenoxy) is 2. The Morgan fingerprint density at radius 1 is 0.500 bits per heavy atom. The zero-order valence-corrected chi connectivity index (χ0v) is 19.5. The van der Waals surface area contributed by atoms with Crippen LogP contribution >= 0.6 is 0 Å². The van der Waals surface area contributed by atoms with Crippen LogP contribution in [0.3, 0.4) is 0 Å². The minimum atomic E-state index is -0.785. The van der Waals surface area contributed by atoms with Crippen molar-refractivity contribution in [2.24, 2.45) is 0 Å². The lowest BCUT2D eigenvalue weighted by atomic mass is 9.58. The lowest BCUT2D eigenvalue weighted by Gasteiger charge is -2.50. The van der Waals surface area contributed by atoms with Crippen LogP contribution in [0, 0.1) is 0 Å². The first-order valence-electron chi connectivity index (χ1n) is 12.0. The van der Waals surface area contributed by atoms with E-state index in [1.165, 1.54) is 27.8 Å². The molecule has 0 aliphatic heterocycles. The highest BCUT2D eigenvalue weighted by Crippen LogP contribution is 2.59. The molecule has 0 spiro atoms. The SMILES string of the molecule is Nc1ccc(Oc2ccc3c(c2)C2c4ccccc4C3(Oc3ccc(N)cc3)c3ccccc32)cc1. The standard InChI is InChI=1S/C32H24N2O2/c33-20-9-13-22(14-10-20)35-24-17-18-30-27(19-24)31-25-5-1-3-7-28(25)32(30,29-8-4-2-6-26(29)31)36-23-15-11-21(34)12-16-23/h1-19,31H,33-34H2. The number of anilines is 2. The van der Waals surface area contributed by atoms with E-state index < -0.39 is 5.60 Å². The molecule has 174 valence electrons. The second-order valence-corrected chi connectivity index (χ2v) is 9.38. The van der Waals surface area contributed by atoms with Gasteiger partial charge in [-0.3, -0.25) is 0 Å². The molecule has 8 rings (SSSR count). The van der Waals surface area contributed by atoms with Crippen LogP contribution < -0.4 is 20.9 Å². The van der Waals surface area contributed by atoms with Crippen LogP contribution in [0.25, 0.3) is 0 Å². The molecular weight excluding hydrogens is 444 g/mol. The lowest BCUT2D eigenvalue weighted by Crippen LogP contribution is -2.46. The van der Waals surface area contributed by atoms with Gasteiger partial charge in [0.1, 0.15) is 17.2 Å². The van der Waals surface area contributed by atoms with Crippen molar-refractivity contribution in [3.05, 3.63) is 149 Å². The molecule has 4 heteroatoms. The van der Waals surface area contributed by atoms with E-state index in [1.54, 1.807) is 0 Å². The summed E-state index contributed by atoms with van der Waals surface area (Å²) < 4.78 is 13.3. The minimum Gasteiger partial charge on any atom is -0.473 e. The predicted octanol–water partition coefficient (Wildman–Crippen LogP) is 6.82. The fraction of sp³-hybridized carbons (Fsp3) is 0.0625. The number of rotatable bonds is 4. The molecule has 0 aromatic heterocycles. The summed E-state index contributed by atoms with van der Waals surface area (Å²) in [6, 6.07) is 38.6. The van der Waals surface area contributed by atoms with Gasteiger partial charge in [-0.15, -0.1) is 0 Å². The normalized spacial score (nSPS) is 18.6. The maximum absolute atomic E-state index is 7.03. The highest BCUT2D eigenvalue weighted by Gasteiger charge is 2.53. The van der Waals surface area contributed by atoms with Crippen LogP contribution in [0.4, 0.5) is 11.4 Å². The van der Waals surface area contributed by atoms with E-state index in [0.29, 0.717) is 11.4 Å². The average molecular weight is 469 g/mol. The monoisotopic (exact) mass is 468 g/mol. The van der Waals surface area contributed by atoms with Gasteiger partial charge in [-0.1, -0.05) is 54.6 Å². The molecular formula is C32H24N2O2. The van der Waals surface area contributed by atoms with E-state index in [4.69, 9.17) is 20.9 Å². The minimum absolute atomic E-state index is 0.0965. The molecule has 36 heavy (non-hydrogen) atoms. The van der Waals surface area contributed by atoms with Crippen molar-refractivity contribution in [1.29, 1.82) is 0 Å². The molecule has 0 heterocycles. The summed E-state index contributed by atoms with van der Waals surface area (Å²) >= 11 is 0. The number of benzene rings is 5. The van der Waals surface area contributed by atoms with Crippen LogP contribution in [-0.2, 0) is 5.60 Å². The van der Waals surface area contributed by atoms with E-state index >= 15 is 0 Å². The summed E-state index contributed by atoms with van der Waals surface area (Å²) in [5.41, 5.74) is 19.6. The maximum atomic E-state index is 7.03. The molecule has 5 aromatic rings. The summed E-state index contributed by atoms with van der Waals surface area (Å²) in [6.07, 6.45) is 0. The highest BCUT2D eigenvalue weighted by molar-refractivity contribution is 5.71. The molecule has 2 bridgehead atoms. The van der Waals surface area contributed by atoms with Crippen molar-refractivity contribution in [2.45, 2.75) is 11.5 Å². The zero-order chi connectivity index (χ0) is 24.3. The van der Waals surface area contributed by atoms with Crippen molar-refractivity contribution >= 4 is 11.4 Å². The fourth-order valence-electron chi connectivity index (χ4n) is 5.79. The van der Waals surface area contributed by atoms with Gasteiger partial charge in [0.25, 0.3) is 0 Å². The first-order chi connectivity index (χ1) is 17.6. The topological polar surface area (TPSA) is 70.5 Å². The third kappa shape index (κ3) is 2.94. The summed E-state index contributed by atoms with van der Waals surface area (Å²) in [5.74, 6) is 2.39. The Morgan fingerprint density at radius 3 is 1.61 bits per heavy atom. The van der Waals surface area contributed by atoms with Gasteiger partial charge in [-0.05, 0) is 77.4 Å². The van der Waals surface area contributed by atoms with E-state index in [2.05, 4.69) is 60.7 Å². The maximum Gasteiger partial charge on any atom is 0.185 e. The Bertz CT molecular complexity index is 1560. The van der Waals surface area contributed by atoms with Gasteiger partial charge in [-0.25, -0.2) is 0 Å². The van der Waals surface area contributed by atoms with Gasteiger partial charge in [0, 0.05) is 34.0 Å². The number of hydrogen-bond donors (Lipinski definition) is 2. The molecule has 4 N–H and O–H groups in total. The van der Waals surface area contributed by atoms with Gasteiger partial charge in [0.05, 0.1) is 0 Å². The van der Waals surface area contributed by atoms with E-state index in [-0.39, 0.29) is 5.92 Å². The molecule has 0 atom stereocenters. The molecule has 5 aromatic carbocycles. The first-order valence-corrected chi connectivity index (χ1v) is 12.0. The summed E-state index contributed by atoms with van der Waals surface area (Å²) in [4.78, 5) is 0. The highest BCUT2D eigenvalue weighted by atomic mass is 16.5. The summed E-state index contributed by atoms with van der Waals surface area (Å²) in [7, 11) is 0. The Balaban J connectivity index is 1.45. The fourth-order valence-corrected chi connectivity index (χ4v) is 5.79. The average Bonchev–Trinajstić information content (AvgIpc) is 2.91. The number of nitrogen functional groups attached to an aromatic ring is 2. The third-order valence-electron chi connectivity index (χ3n) is 7.28. The number of hydrogen-bond acceptors (Lipinski definition) is 4. The lowest BCUT2D eigenvalue weighted by molar-refractivity contribution is 0.142. The van der Waals surface area contributed by atoms with Crippen LogP contribution in [-0.4, -0.2) is 0 Å². The van der Waals surface area contributed by atoms with E-state index in [0.717, 1.165) is 22.8 Å². The van der Waals surface area contributed by atoms with Gasteiger partial charge >= 0.3 is 0 Å². The van der Waals surface area contributed by atoms with Crippen molar-refractivity contribution in [2.75, 3.05) is 11.5 Å². The van der Waals surface area contributed by atoms with Gasteiger partial charge in [0.2, 0.25) is 0 Å². The summed E-state index contributed by atoms with van der Waals surface area (Å²) in [5, 5.41) is 0.